The third-order valence-electron chi connectivity index (χ3n) is 4.12. The van der Waals surface area contributed by atoms with Gasteiger partial charge in [-0.05, 0) is 32.1 Å². The van der Waals surface area contributed by atoms with E-state index in [0.717, 1.165) is 28.8 Å². The van der Waals surface area contributed by atoms with Gasteiger partial charge in [0.05, 0.1) is 16.8 Å². The van der Waals surface area contributed by atoms with E-state index in [-0.39, 0.29) is 5.91 Å². The summed E-state index contributed by atoms with van der Waals surface area (Å²) in [5, 5.41) is 8.38. The van der Waals surface area contributed by atoms with Crippen molar-refractivity contribution in [3.05, 3.63) is 10.6 Å². The summed E-state index contributed by atoms with van der Waals surface area (Å²) in [6.07, 6.45) is 3.32. The number of nitrogens with zero attached hydrogens (tertiary/aromatic N) is 2. The Balaban J connectivity index is 1.88. The van der Waals surface area contributed by atoms with E-state index in [1.165, 1.54) is 17.8 Å². The number of carbonyl (C=O) groups is 1. The molecule has 1 aliphatic rings. The van der Waals surface area contributed by atoms with Crippen molar-refractivity contribution >= 4 is 33.1 Å². The minimum atomic E-state index is -0.0396. The SMILES string of the molecule is Cc1nn(C)c2sc(C(=O)NC3CCC(C)C3)c(N)c12. The van der Waals surface area contributed by atoms with Crippen LogP contribution in [0.5, 0.6) is 0 Å². The first kappa shape index (κ1) is 13.4. The summed E-state index contributed by atoms with van der Waals surface area (Å²) in [6.45, 7) is 4.15. The van der Waals surface area contributed by atoms with Crippen LogP contribution in [0.4, 0.5) is 5.69 Å². The molecule has 20 heavy (non-hydrogen) atoms. The van der Waals surface area contributed by atoms with Crippen LogP contribution in [0.3, 0.4) is 0 Å². The monoisotopic (exact) mass is 292 g/mol. The minimum Gasteiger partial charge on any atom is -0.397 e. The zero-order valence-corrected chi connectivity index (χ0v) is 12.9. The Bertz CT molecular complexity index is 672. The number of hydrogen-bond donors (Lipinski definition) is 2. The number of carbonyl (C=O) groups excluding carboxylic acids is 1. The summed E-state index contributed by atoms with van der Waals surface area (Å²) >= 11 is 1.43. The number of aryl methyl sites for hydroxylation is 2. The predicted octanol–water partition coefficient (Wildman–Crippen LogP) is 2.44. The van der Waals surface area contributed by atoms with Crippen molar-refractivity contribution in [2.24, 2.45) is 13.0 Å². The van der Waals surface area contributed by atoms with Gasteiger partial charge in [0.1, 0.15) is 9.71 Å². The number of hydrogen-bond acceptors (Lipinski definition) is 4. The molecule has 0 aromatic carbocycles. The maximum atomic E-state index is 12.4. The molecule has 0 bridgehead atoms. The Morgan fingerprint density at radius 1 is 1.50 bits per heavy atom. The average Bonchev–Trinajstić information content (AvgIpc) is 3.00. The van der Waals surface area contributed by atoms with Gasteiger partial charge >= 0.3 is 0 Å². The van der Waals surface area contributed by atoms with Crippen LogP contribution in [0.25, 0.3) is 10.2 Å². The van der Waals surface area contributed by atoms with E-state index in [2.05, 4.69) is 17.3 Å². The highest BCUT2D eigenvalue weighted by atomic mass is 32.1. The summed E-state index contributed by atoms with van der Waals surface area (Å²) in [6, 6.07) is 0.293. The molecule has 3 N–H and O–H groups in total. The topological polar surface area (TPSA) is 72.9 Å². The molecule has 2 atom stereocenters. The summed E-state index contributed by atoms with van der Waals surface area (Å²) < 4.78 is 1.79. The highest BCUT2D eigenvalue weighted by molar-refractivity contribution is 7.21. The number of rotatable bonds is 2. The molecule has 0 aliphatic heterocycles. The van der Waals surface area contributed by atoms with Crippen LogP contribution in [0, 0.1) is 12.8 Å². The first-order valence-corrected chi connectivity index (χ1v) is 7.81. The molecular weight excluding hydrogens is 272 g/mol. The first-order valence-electron chi connectivity index (χ1n) is 6.99. The predicted molar refractivity (Wildman–Crippen MR) is 82.0 cm³/mol. The summed E-state index contributed by atoms with van der Waals surface area (Å²) in [7, 11) is 1.88. The molecule has 6 heteroatoms. The molecule has 2 aromatic heterocycles. The van der Waals surface area contributed by atoms with E-state index < -0.39 is 0 Å². The molecule has 0 spiro atoms. The highest BCUT2D eigenvalue weighted by Gasteiger charge is 2.26. The molecule has 2 unspecified atom stereocenters. The van der Waals surface area contributed by atoms with Crippen molar-refractivity contribution < 1.29 is 4.79 Å². The molecule has 2 aromatic rings. The number of thiophene rings is 1. The van der Waals surface area contributed by atoms with E-state index in [1.54, 1.807) is 4.68 Å². The smallest absolute Gasteiger partial charge is 0.263 e. The van der Waals surface area contributed by atoms with Crippen molar-refractivity contribution in [3.63, 3.8) is 0 Å². The third kappa shape index (κ3) is 2.08. The van der Waals surface area contributed by atoms with Gasteiger partial charge in [-0.3, -0.25) is 9.48 Å². The van der Waals surface area contributed by atoms with Crippen molar-refractivity contribution in [1.29, 1.82) is 0 Å². The highest BCUT2D eigenvalue weighted by Crippen LogP contribution is 2.35. The minimum absolute atomic E-state index is 0.0396. The lowest BCUT2D eigenvalue weighted by atomic mass is 10.1. The normalized spacial score (nSPS) is 22.6. The van der Waals surface area contributed by atoms with Crippen molar-refractivity contribution in [2.75, 3.05) is 5.73 Å². The van der Waals surface area contributed by atoms with Gasteiger partial charge in [0.25, 0.3) is 5.91 Å². The quantitative estimate of drug-likeness (QED) is 0.893. The lowest BCUT2D eigenvalue weighted by molar-refractivity contribution is 0.0942. The lowest BCUT2D eigenvalue weighted by Crippen LogP contribution is -2.32. The number of nitrogens with one attached hydrogen (secondary N) is 1. The standard InChI is InChI=1S/C14H20N4OS/c1-7-4-5-9(6-7)16-13(19)12-11(15)10-8(2)17-18(3)14(10)20-12/h7,9H,4-6,15H2,1-3H3,(H,16,19). The molecular formula is C14H20N4OS. The third-order valence-corrected chi connectivity index (χ3v) is 5.39. The first-order chi connectivity index (χ1) is 9.47. The van der Waals surface area contributed by atoms with Gasteiger partial charge < -0.3 is 11.1 Å². The van der Waals surface area contributed by atoms with Crippen molar-refractivity contribution in [3.8, 4) is 0 Å². The molecule has 2 heterocycles. The largest absolute Gasteiger partial charge is 0.397 e. The average molecular weight is 292 g/mol. The van der Waals surface area contributed by atoms with E-state index >= 15 is 0 Å². The Labute approximate surface area is 122 Å². The number of fused-ring (bicyclic) bond motifs is 1. The Morgan fingerprint density at radius 2 is 2.25 bits per heavy atom. The van der Waals surface area contributed by atoms with E-state index in [4.69, 9.17) is 5.73 Å². The Morgan fingerprint density at radius 3 is 2.85 bits per heavy atom. The van der Waals surface area contributed by atoms with Crippen LogP contribution in [0.2, 0.25) is 0 Å². The second-order valence-electron chi connectivity index (χ2n) is 5.82. The molecule has 1 saturated carbocycles. The van der Waals surface area contributed by atoms with Crippen LogP contribution in [0.15, 0.2) is 0 Å². The van der Waals surface area contributed by atoms with E-state index in [1.807, 2.05) is 14.0 Å². The zero-order chi connectivity index (χ0) is 14.4. The van der Waals surface area contributed by atoms with E-state index in [0.29, 0.717) is 22.5 Å². The van der Waals surface area contributed by atoms with Crippen molar-refractivity contribution in [2.45, 2.75) is 39.2 Å². The lowest BCUT2D eigenvalue weighted by Gasteiger charge is -2.11. The van der Waals surface area contributed by atoms with Gasteiger partial charge in [0, 0.05) is 13.1 Å². The van der Waals surface area contributed by atoms with Crippen LogP contribution in [0.1, 0.15) is 41.6 Å². The molecule has 0 radical (unpaired) electrons. The van der Waals surface area contributed by atoms with Gasteiger partial charge in [0.2, 0.25) is 0 Å². The maximum Gasteiger partial charge on any atom is 0.263 e. The van der Waals surface area contributed by atoms with Gasteiger partial charge in [-0.15, -0.1) is 11.3 Å². The summed E-state index contributed by atoms with van der Waals surface area (Å²) in [5.74, 6) is 0.661. The molecule has 5 nitrogen and oxygen atoms in total. The Kier molecular flexibility index (Phi) is 3.20. The zero-order valence-electron chi connectivity index (χ0n) is 12.1. The van der Waals surface area contributed by atoms with Crippen LogP contribution in [-0.4, -0.2) is 21.7 Å². The molecule has 108 valence electrons. The number of nitrogens with two attached hydrogens (primary N) is 1. The fourth-order valence-electron chi connectivity index (χ4n) is 3.09. The second-order valence-corrected chi connectivity index (χ2v) is 6.82. The van der Waals surface area contributed by atoms with E-state index in [9.17, 15) is 4.79 Å². The number of amides is 1. The van der Waals surface area contributed by atoms with Crippen LogP contribution in [-0.2, 0) is 7.05 Å². The van der Waals surface area contributed by atoms with Gasteiger partial charge in [-0.2, -0.15) is 5.10 Å². The number of aromatic nitrogens is 2. The second kappa shape index (κ2) is 4.77. The molecule has 1 fully saturated rings. The van der Waals surface area contributed by atoms with Crippen molar-refractivity contribution in [1.82, 2.24) is 15.1 Å². The number of nitrogen functional groups attached to an aromatic ring is 1. The van der Waals surface area contributed by atoms with Crippen LogP contribution >= 0.6 is 11.3 Å². The fraction of sp³-hybridized carbons (Fsp3) is 0.571. The molecule has 0 saturated heterocycles. The van der Waals surface area contributed by atoms with Gasteiger partial charge in [-0.25, -0.2) is 0 Å². The van der Waals surface area contributed by atoms with Crippen LogP contribution < -0.4 is 11.1 Å². The summed E-state index contributed by atoms with van der Waals surface area (Å²) in [5.41, 5.74) is 7.60. The maximum absolute atomic E-state index is 12.4. The molecule has 1 amide bonds. The fourth-order valence-corrected chi connectivity index (χ4v) is 4.18. The molecule has 3 rings (SSSR count). The van der Waals surface area contributed by atoms with Gasteiger partial charge in [0.15, 0.2) is 0 Å². The number of anilines is 1. The summed E-state index contributed by atoms with van der Waals surface area (Å²) in [4.78, 5) is 14.0. The van der Waals surface area contributed by atoms with Gasteiger partial charge in [-0.1, -0.05) is 6.92 Å². The molecule has 1 aliphatic carbocycles. The Hall–Kier alpha value is -1.56.